The summed E-state index contributed by atoms with van der Waals surface area (Å²) in [4.78, 5) is 27.5. The summed E-state index contributed by atoms with van der Waals surface area (Å²) in [6.45, 7) is 3.04. The molecule has 1 saturated heterocycles. The zero-order chi connectivity index (χ0) is 15.4. The van der Waals surface area contributed by atoms with Crippen molar-refractivity contribution in [1.82, 2.24) is 19.9 Å². The molecular formula is C16H20N4OS. The molecule has 3 heterocycles. The van der Waals surface area contributed by atoms with E-state index in [4.69, 9.17) is 0 Å². The van der Waals surface area contributed by atoms with E-state index in [0.29, 0.717) is 18.3 Å². The van der Waals surface area contributed by atoms with E-state index in [1.54, 1.807) is 18.5 Å². The van der Waals surface area contributed by atoms with Crippen LogP contribution in [0.25, 0.3) is 10.8 Å². The van der Waals surface area contributed by atoms with Gasteiger partial charge in [-0.05, 0) is 31.7 Å². The molecule has 6 heteroatoms. The van der Waals surface area contributed by atoms with Gasteiger partial charge in [0.2, 0.25) is 5.91 Å². The predicted molar refractivity (Wildman–Crippen MR) is 86.5 cm³/mol. The number of likely N-dealkylation sites (tertiary alicyclic amines) is 1. The molecule has 0 saturated carbocycles. The fourth-order valence-corrected chi connectivity index (χ4v) is 3.67. The van der Waals surface area contributed by atoms with Crippen molar-refractivity contribution in [1.29, 1.82) is 0 Å². The number of amides is 1. The Labute approximate surface area is 134 Å². The first-order chi connectivity index (χ1) is 10.8. The number of rotatable bonds is 4. The Morgan fingerprint density at radius 1 is 1.36 bits per heavy atom. The van der Waals surface area contributed by atoms with E-state index in [0.717, 1.165) is 36.5 Å². The third kappa shape index (κ3) is 3.32. The first-order valence-corrected chi connectivity index (χ1v) is 8.67. The summed E-state index contributed by atoms with van der Waals surface area (Å²) in [7, 11) is 0. The molecule has 2 aromatic heterocycles. The molecule has 0 radical (unpaired) electrons. The molecule has 0 bridgehead atoms. The van der Waals surface area contributed by atoms with Gasteiger partial charge in [-0.2, -0.15) is 0 Å². The minimum Gasteiger partial charge on any atom is -0.339 e. The van der Waals surface area contributed by atoms with E-state index in [1.165, 1.54) is 17.8 Å². The summed E-state index contributed by atoms with van der Waals surface area (Å²) in [5, 5.41) is 2.71. The van der Waals surface area contributed by atoms with Gasteiger partial charge < -0.3 is 4.90 Å². The van der Waals surface area contributed by atoms with E-state index >= 15 is 0 Å². The van der Waals surface area contributed by atoms with E-state index in [2.05, 4.69) is 21.9 Å². The number of hydrogen-bond donors (Lipinski definition) is 0. The Morgan fingerprint density at radius 3 is 2.95 bits per heavy atom. The summed E-state index contributed by atoms with van der Waals surface area (Å²) in [6.07, 6.45) is 8.29. The molecule has 1 fully saturated rings. The zero-order valence-electron chi connectivity index (χ0n) is 12.7. The van der Waals surface area contributed by atoms with Crippen LogP contribution in [0.15, 0.2) is 23.8 Å². The number of carbonyl (C=O) groups is 1. The maximum atomic E-state index is 12.5. The molecule has 0 aliphatic carbocycles. The highest BCUT2D eigenvalue weighted by molar-refractivity contribution is 7.13. The van der Waals surface area contributed by atoms with Crippen LogP contribution >= 0.6 is 11.3 Å². The maximum Gasteiger partial charge on any atom is 0.228 e. The largest absolute Gasteiger partial charge is 0.339 e. The highest BCUT2D eigenvalue weighted by Gasteiger charge is 2.25. The van der Waals surface area contributed by atoms with Crippen LogP contribution in [-0.2, 0) is 11.2 Å². The first-order valence-electron chi connectivity index (χ1n) is 7.79. The summed E-state index contributed by atoms with van der Waals surface area (Å²) in [5.41, 5.74) is 0.817. The molecule has 116 valence electrons. The van der Waals surface area contributed by atoms with Crippen molar-refractivity contribution < 1.29 is 4.79 Å². The van der Waals surface area contributed by atoms with Crippen molar-refractivity contribution in [2.75, 3.05) is 6.54 Å². The molecule has 3 rings (SSSR count). The topological polar surface area (TPSA) is 59.0 Å². The van der Waals surface area contributed by atoms with E-state index in [1.807, 2.05) is 10.3 Å². The Morgan fingerprint density at radius 2 is 2.18 bits per heavy atom. The fraction of sp³-hybridized carbons (Fsp3) is 0.500. The Bertz CT molecular complexity index is 628. The Kier molecular flexibility index (Phi) is 4.77. The first kappa shape index (κ1) is 15.1. The molecule has 22 heavy (non-hydrogen) atoms. The van der Waals surface area contributed by atoms with Crippen LogP contribution in [-0.4, -0.2) is 38.3 Å². The van der Waals surface area contributed by atoms with Crippen LogP contribution in [0.4, 0.5) is 0 Å². The maximum absolute atomic E-state index is 12.5. The van der Waals surface area contributed by atoms with Crippen LogP contribution in [0.2, 0.25) is 0 Å². The van der Waals surface area contributed by atoms with Gasteiger partial charge in [-0.1, -0.05) is 6.92 Å². The highest BCUT2D eigenvalue weighted by atomic mass is 32.1. The number of aromatic nitrogens is 3. The lowest BCUT2D eigenvalue weighted by Crippen LogP contribution is -2.44. The van der Waals surface area contributed by atoms with Gasteiger partial charge in [0.1, 0.15) is 0 Å². The fourth-order valence-electron chi connectivity index (χ4n) is 2.91. The number of nitrogens with zero attached hydrogens (tertiary/aromatic N) is 4. The van der Waals surface area contributed by atoms with Crippen LogP contribution in [0, 0.1) is 0 Å². The number of thiazole rings is 1. The molecule has 0 unspecified atom stereocenters. The lowest BCUT2D eigenvalue weighted by molar-refractivity contribution is -0.134. The van der Waals surface area contributed by atoms with E-state index in [-0.39, 0.29) is 5.91 Å². The third-order valence-corrected chi connectivity index (χ3v) is 4.95. The minimum absolute atomic E-state index is 0.192. The van der Waals surface area contributed by atoms with Crippen molar-refractivity contribution in [3.63, 3.8) is 0 Å². The second-order valence-corrected chi connectivity index (χ2v) is 6.40. The molecule has 0 N–H and O–H groups in total. The monoisotopic (exact) mass is 316 g/mol. The van der Waals surface area contributed by atoms with Gasteiger partial charge in [-0.3, -0.25) is 4.79 Å². The van der Waals surface area contributed by atoms with Crippen LogP contribution < -0.4 is 0 Å². The van der Waals surface area contributed by atoms with E-state index < -0.39 is 0 Å². The van der Waals surface area contributed by atoms with Gasteiger partial charge >= 0.3 is 0 Å². The predicted octanol–water partition coefficient (Wildman–Crippen LogP) is 2.93. The normalized spacial score (nSPS) is 18.4. The number of piperidine rings is 1. The molecule has 1 amide bonds. The lowest BCUT2D eigenvalue weighted by Gasteiger charge is -2.35. The molecular weight excluding hydrogens is 296 g/mol. The van der Waals surface area contributed by atoms with Gasteiger partial charge in [0, 0.05) is 30.4 Å². The van der Waals surface area contributed by atoms with Crippen molar-refractivity contribution >= 4 is 17.2 Å². The molecule has 2 aromatic rings. The number of hydrogen-bond acceptors (Lipinski definition) is 5. The summed E-state index contributed by atoms with van der Waals surface area (Å²) in [5.74, 6) is 0.813. The van der Waals surface area contributed by atoms with Gasteiger partial charge in [0.05, 0.1) is 12.1 Å². The quantitative estimate of drug-likeness (QED) is 0.870. The molecule has 0 aromatic carbocycles. The van der Waals surface area contributed by atoms with Gasteiger partial charge in [-0.25, -0.2) is 15.0 Å². The molecule has 1 atom stereocenters. The lowest BCUT2D eigenvalue weighted by atomic mass is 9.99. The standard InChI is InChI=1S/C16H20N4OS/c1-2-13-6-3-4-9-20(13)14(21)10-12-11-22-16(19-12)15-17-7-5-8-18-15/h5,7-8,11,13H,2-4,6,9-10H2,1H3/t13-/m0/s1. The van der Waals surface area contributed by atoms with Crippen molar-refractivity contribution in [3.05, 3.63) is 29.5 Å². The summed E-state index contributed by atoms with van der Waals surface area (Å²) in [6, 6.07) is 2.18. The summed E-state index contributed by atoms with van der Waals surface area (Å²) < 4.78 is 0. The van der Waals surface area contributed by atoms with Crippen molar-refractivity contribution in [2.45, 2.75) is 45.1 Å². The van der Waals surface area contributed by atoms with Crippen molar-refractivity contribution in [3.8, 4) is 10.8 Å². The summed E-state index contributed by atoms with van der Waals surface area (Å²) >= 11 is 1.49. The number of carbonyl (C=O) groups excluding carboxylic acids is 1. The van der Waals surface area contributed by atoms with Crippen molar-refractivity contribution in [2.24, 2.45) is 0 Å². The Balaban J connectivity index is 1.68. The molecule has 1 aliphatic rings. The van der Waals surface area contributed by atoms with Crippen LogP contribution in [0.3, 0.4) is 0 Å². The molecule has 0 spiro atoms. The second kappa shape index (κ2) is 6.96. The highest BCUT2D eigenvalue weighted by Crippen LogP contribution is 2.23. The third-order valence-electron chi connectivity index (χ3n) is 4.06. The second-order valence-electron chi connectivity index (χ2n) is 5.54. The Hall–Kier alpha value is -1.82. The van der Waals surface area contributed by atoms with Gasteiger partial charge in [-0.15, -0.1) is 11.3 Å². The average Bonchev–Trinajstić information content (AvgIpc) is 3.04. The molecule has 1 aliphatic heterocycles. The van der Waals surface area contributed by atoms with Gasteiger partial charge in [0.25, 0.3) is 0 Å². The van der Waals surface area contributed by atoms with Gasteiger partial charge in [0.15, 0.2) is 10.8 Å². The minimum atomic E-state index is 0.192. The average molecular weight is 316 g/mol. The zero-order valence-corrected chi connectivity index (χ0v) is 13.6. The molecule has 5 nitrogen and oxygen atoms in total. The van der Waals surface area contributed by atoms with E-state index in [9.17, 15) is 4.79 Å². The smallest absolute Gasteiger partial charge is 0.228 e. The SMILES string of the molecule is CC[C@H]1CCCCN1C(=O)Cc1csc(-c2ncccn2)n1. The van der Waals surface area contributed by atoms with Crippen LogP contribution in [0.5, 0.6) is 0 Å². The van der Waals surface area contributed by atoms with Crippen LogP contribution in [0.1, 0.15) is 38.3 Å².